The summed E-state index contributed by atoms with van der Waals surface area (Å²) in [5.41, 5.74) is 0.473. The van der Waals surface area contributed by atoms with Gasteiger partial charge in [-0.25, -0.2) is 4.79 Å². The fourth-order valence-corrected chi connectivity index (χ4v) is 1.48. The van der Waals surface area contributed by atoms with Crippen molar-refractivity contribution < 1.29 is 14.6 Å². The summed E-state index contributed by atoms with van der Waals surface area (Å²) in [6.45, 7) is 5.78. The molecule has 0 aliphatic rings. The van der Waals surface area contributed by atoms with E-state index in [1.807, 2.05) is 13.8 Å². The summed E-state index contributed by atoms with van der Waals surface area (Å²) in [5, 5.41) is 18.0. The summed E-state index contributed by atoms with van der Waals surface area (Å²) in [4.78, 5) is 11.1. The third-order valence-corrected chi connectivity index (χ3v) is 2.72. The van der Waals surface area contributed by atoms with Crippen molar-refractivity contribution in [2.75, 3.05) is 6.61 Å². The lowest BCUT2D eigenvalue weighted by Crippen LogP contribution is -2.14. The first-order chi connectivity index (χ1) is 8.37. The monoisotopic (exact) mass is 247 g/mol. The number of rotatable bonds is 5. The largest absolute Gasteiger partial charge is 0.492 e. The van der Waals surface area contributed by atoms with Gasteiger partial charge in [0.05, 0.1) is 18.1 Å². The first-order valence-electron chi connectivity index (χ1n) is 5.74. The molecular weight excluding hydrogens is 230 g/mol. The lowest BCUT2D eigenvalue weighted by atomic mass is 9.92. The van der Waals surface area contributed by atoms with E-state index in [-0.39, 0.29) is 5.56 Å². The number of aryl methyl sites for hydroxylation is 1. The molecule has 1 N–H and O–H groups in total. The van der Waals surface area contributed by atoms with E-state index >= 15 is 0 Å². The molecular formula is C14H17NO3. The van der Waals surface area contributed by atoms with Gasteiger partial charge in [-0.3, -0.25) is 0 Å². The highest BCUT2D eigenvalue weighted by Crippen LogP contribution is 2.25. The van der Waals surface area contributed by atoms with E-state index in [1.165, 1.54) is 6.07 Å². The molecule has 0 amide bonds. The molecule has 0 bridgehead atoms. The van der Waals surface area contributed by atoms with Crippen LogP contribution < -0.4 is 4.74 Å². The number of para-hydroxylation sites is 1. The van der Waals surface area contributed by atoms with Gasteiger partial charge in [-0.2, -0.15) is 5.26 Å². The molecule has 4 nitrogen and oxygen atoms in total. The van der Waals surface area contributed by atoms with Gasteiger partial charge in [0, 0.05) is 0 Å². The quantitative estimate of drug-likeness (QED) is 0.868. The zero-order chi connectivity index (χ0) is 13.8. The van der Waals surface area contributed by atoms with Gasteiger partial charge in [-0.05, 0) is 38.8 Å². The van der Waals surface area contributed by atoms with E-state index in [1.54, 1.807) is 19.1 Å². The third-order valence-electron chi connectivity index (χ3n) is 2.72. The third kappa shape index (κ3) is 3.49. The molecule has 0 atom stereocenters. The van der Waals surface area contributed by atoms with Crippen LogP contribution in [0.3, 0.4) is 0 Å². The maximum absolute atomic E-state index is 11.1. The zero-order valence-corrected chi connectivity index (χ0v) is 10.9. The average molecular weight is 247 g/mol. The minimum absolute atomic E-state index is 0.157. The van der Waals surface area contributed by atoms with Crippen molar-refractivity contribution in [2.45, 2.75) is 27.2 Å². The Morgan fingerprint density at radius 1 is 1.50 bits per heavy atom. The Morgan fingerprint density at radius 2 is 2.17 bits per heavy atom. The summed E-state index contributed by atoms with van der Waals surface area (Å²) in [7, 11) is 0. The highest BCUT2D eigenvalue weighted by atomic mass is 16.5. The second-order valence-electron chi connectivity index (χ2n) is 4.85. The molecule has 0 aromatic heterocycles. The highest BCUT2D eigenvalue weighted by Gasteiger charge is 2.18. The number of hydrogen-bond donors (Lipinski definition) is 1. The first kappa shape index (κ1) is 14.0. The summed E-state index contributed by atoms with van der Waals surface area (Å²) in [6.07, 6.45) is 0.552. The number of nitriles is 1. The SMILES string of the molecule is Cc1cccc(C(=O)O)c1OCCC(C)(C)C#N. The molecule has 1 aromatic carbocycles. The van der Waals surface area contributed by atoms with Crippen molar-refractivity contribution in [2.24, 2.45) is 5.41 Å². The predicted octanol–water partition coefficient (Wildman–Crippen LogP) is 3.01. The molecule has 0 heterocycles. The Balaban J connectivity index is 2.80. The Bertz CT molecular complexity index is 486. The number of benzene rings is 1. The fourth-order valence-electron chi connectivity index (χ4n) is 1.48. The number of aromatic carboxylic acids is 1. The molecule has 0 spiro atoms. The van der Waals surface area contributed by atoms with Gasteiger partial charge in [-0.1, -0.05) is 12.1 Å². The van der Waals surface area contributed by atoms with Crippen LogP contribution in [0.2, 0.25) is 0 Å². The molecule has 18 heavy (non-hydrogen) atoms. The van der Waals surface area contributed by atoms with Gasteiger partial charge < -0.3 is 9.84 Å². The van der Waals surface area contributed by atoms with Crippen LogP contribution in [0.1, 0.15) is 36.2 Å². The van der Waals surface area contributed by atoms with Crippen LogP contribution in [0.15, 0.2) is 18.2 Å². The van der Waals surface area contributed by atoms with Crippen LogP contribution in [0.5, 0.6) is 5.75 Å². The maximum atomic E-state index is 11.1. The number of carboxylic acid groups (broad SMARTS) is 1. The van der Waals surface area contributed by atoms with Gasteiger partial charge in [0.1, 0.15) is 11.3 Å². The summed E-state index contributed by atoms with van der Waals surface area (Å²) >= 11 is 0. The van der Waals surface area contributed by atoms with E-state index < -0.39 is 11.4 Å². The Hall–Kier alpha value is -2.02. The molecule has 96 valence electrons. The number of ether oxygens (including phenoxy) is 1. The molecule has 0 unspecified atom stereocenters. The Kier molecular flexibility index (Phi) is 4.33. The van der Waals surface area contributed by atoms with Gasteiger partial charge in [-0.15, -0.1) is 0 Å². The predicted molar refractivity (Wildman–Crippen MR) is 67.6 cm³/mol. The van der Waals surface area contributed by atoms with Crippen LogP contribution in [0.4, 0.5) is 0 Å². The van der Waals surface area contributed by atoms with E-state index in [9.17, 15) is 4.79 Å². The van der Waals surface area contributed by atoms with E-state index in [0.717, 1.165) is 5.56 Å². The van der Waals surface area contributed by atoms with Crippen LogP contribution in [-0.4, -0.2) is 17.7 Å². The minimum atomic E-state index is -1.01. The summed E-state index contributed by atoms with van der Waals surface area (Å²) in [5.74, 6) is -0.619. The van der Waals surface area contributed by atoms with Gasteiger partial charge in [0.25, 0.3) is 0 Å². The molecule has 0 saturated carbocycles. The van der Waals surface area contributed by atoms with E-state index in [4.69, 9.17) is 15.1 Å². The molecule has 4 heteroatoms. The van der Waals surface area contributed by atoms with E-state index in [2.05, 4.69) is 6.07 Å². The standard InChI is InChI=1S/C14H17NO3/c1-10-5-4-6-11(13(16)17)12(10)18-8-7-14(2,3)9-15/h4-6H,7-8H2,1-3H3,(H,16,17). The molecule has 0 aliphatic carbocycles. The van der Waals surface area contributed by atoms with E-state index in [0.29, 0.717) is 18.8 Å². The van der Waals surface area contributed by atoms with Crippen LogP contribution in [0.25, 0.3) is 0 Å². The van der Waals surface area contributed by atoms with Gasteiger partial charge >= 0.3 is 5.97 Å². The van der Waals surface area contributed by atoms with Gasteiger partial charge in [0.15, 0.2) is 0 Å². The van der Waals surface area contributed by atoms with Crippen LogP contribution in [-0.2, 0) is 0 Å². The second-order valence-corrected chi connectivity index (χ2v) is 4.85. The summed E-state index contributed by atoms with van der Waals surface area (Å²) in [6, 6.07) is 7.19. The number of carboxylic acids is 1. The highest BCUT2D eigenvalue weighted by molar-refractivity contribution is 5.91. The normalized spacial score (nSPS) is 10.8. The lowest BCUT2D eigenvalue weighted by molar-refractivity contribution is 0.0691. The second kappa shape index (κ2) is 5.54. The Labute approximate surface area is 107 Å². The fraction of sp³-hybridized carbons (Fsp3) is 0.429. The topological polar surface area (TPSA) is 70.3 Å². The Morgan fingerprint density at radius 3 is 2.72 bits per heavy atom. The molecule has 0 fully saturated rings. The van der Waals surface area contributed by atoms with Crippen LogP contribution >= 0.6 is 0 Å². The average Bonchev–Trinajstić information content (AvgIpc) is 2.30. The van der Waals surface area contributed by atoms with Crippen molar-refractivity contribution >= 4 is 5.97 Å². The van der Waals surface area contributed by atoms with Crippen molar-refractivity contribution in [3.8, 4) is 11.8 Å². The molecule has 0 radical (unpaired) electrons. The molecule has 1 rings (SSSR count). The zero-order valence-electron chi connectivity index (χ0n) is 10.9. The number of hydrogen-bond acceptors (Lipinski definition) is 3. The maximum Gasteiger partial charge on any atom is 0.339 e. The van der Waals surface area contributed by atoms with Crippen LogP contribution in [0, 0.1) is 23.7 Å². The number of nitrogens with zero attached hydrogens (tertiary/aromatic N) is 1. The van der Waals surface area contributed by atoms with Gasteiger partial charge in [0.2, 0.25) is 0 Å². The smallest absolute Gasteiger partial charge is 0.339 e. The minimum Gasteiger partial charge on any atom is -0.492 e. The molecule has 1 aromatic rings. The lowest BCUT2D eigenvalue weighted by Gasteiger charge is -2.17. The number of carbonyl (C=O) groups is 1. The molecule has 0 aliphatic heterocycles. The van der Waals surface area contributed by atoms with Crippen molar-refractivity contribution in [3.63, 3.8) is 0 Å². The summed E-state index contributed by atoms with van der Waals surface area (Å²) < 4.78 is 5.53. The first-order valence-corrected chi connectivity index (χ1v) is 5.74. The van der Waals surface area contributed by atoms with Crippen molar-refractivity contribution in [3.05, 3.63) is 29.3 Å². The van der Waals surface area contributed by atoms with Crippen molar-refractivity contribution in [1.82, 2.24) is 0 Å². The van der Waals surface area contributed by atoms with Crippen molar-refractivity contribution in [1.29, 1.82) is 5.26 Å². The molecule has 0 saturated heterocycles.